The quantitative estimate of drug-likeness (QED) is 0.0201. The van der Waals surface area contributed by atoms with E-state index in [4.69, 9.17) is 18.5 Å². The van der Waals surface area contributed by atoms with Crippen molar-refractivity contribution in [3.05, 3.63) is 60.8 Å². The van der Waals surface area contributed by atoms with Crippen molar-refractivity contribution < 1.29 is 52.3 Å². The fraction of sp³-hybridized carbons (Fsp3) is 0.739. The fourth-order valence-corrected chi connectivity index (χ4v) is 6.28. The number of hydrogen-bond donors (Lipinski definition) is 2. The highest BCUT2D eigenvalue weighted by Crippen LogP contribution is 2.38. The van der Waals surface area contributed by atoms with Gasteiger partial charge in [-0.3, -0.25) is 14.2 Å². The van der Waals surface area contributed by atoms with Gasteiger partial charge in [0.05, 0.1) is 40.0 Å². The number of esters is 2. The number of rotatable bonds is 39. The summed E-state index contributed by atoms with van der Waals surface area (Å²) in [5.74, 6) is -1.14. The summed E-state index contributed by atoms with van der Waals surface area (Å²) in [7, 11) is 0.972. The van der Waals surface area contributed by atoms with Gasteiger partial charge in [-0.2, -0.15) is 0 Å². The molecule has 0 aliphatic rings. The molecular formula is C46H82NO10P. The molecular weight excluding hydrogens is 757 g/mol. The number of aliphatic hydroxyl groups excluding tert-OH is 2. The van der Waals surface area contributed by atoms with Gasteiger partial charge in [0.25, 0.3) is 7.82 Å². The van der Waals surface area contributed by atoms with E-state index in [0.717, 1.165) is 64.2 Å². The number of phosphoric acid groups is 1. The van der Waals surface area contributed by atoms with E-state index in [9.17, 15) is 29.3 Å². The molecule has 0 aliphatic carbocycles. The normalized spacial score (nSPS) is 15.2. The predicted molar refractivity (Wildman–Crippen MR) is 234 cm³/mol. The summed E-state index contributed by atoms with van der Waals surface area (Å²) in [6, 6.07) is 0. The SMILES string of the molecule is CCCCC/C=C\C/C=C\C/C=C\CC(O)C(O)CCCC(=O)O[C@H](COC(=O)CCCCCCC/C=C\C/C=C\CCCCC)COP(=O)([O-])OCC[N+](C)(C)C. The van der Waals surface area contributed by atoms with Crippen molar-refractivity contribution in [2.24, 2.45) is 0 Å². The molecule has 4 atom stereocenters. The summed E-state index contributed by atoms with van der Waals surface area (Å²) < 4.78 is 33.6. The smallest absolute Gasteiger partial charge is 0.306 e. The van der Waals surface area contributed by atoms with Gasteiger partial charge in [-0.25, -0.2) is 0 Å². The topological polar surface area (TPSA) is 152 Å². The number of allylic oxidation sites excluding steroid dienone is 9. The highest BCUT2D eigenvalue weighted by atomic mass is 31.2. The minimum absolute atomic E-state index is 0.0879. The molecule has 0 aromatic heterocycles. The van der Waals surface area contributed by atoms with Gasteiger partial charge in [0, 0.05) is 12.8 Å². The number of carbonyl (C=O) groups is 2. The number of aliphatic hydroxyl groups is 2. The van der Waals surface area contributed by atoms with E-state index in [2.05, 4.69) is 62.5 Å². The molecule has 3 unspecified atom stereocenters. The third kappa shape index (κ3) is 39.1. The summed E-state index contributed by atoms with van der Waals surface area (Å²) in [5.41, 5.74) is 0. The van der Waals surface area contributed by atoms with Crippen LogP contribution in [0.25, 0.3) is 0 Å². The second-order valence-electron chi connectivity index (χ2n) is 16.0. The van der Waals surface area contributed by atoms with Gasteiger partial charge in [-0.15, -0.1) is 0 Å². The third-order valence-electron chi connectivity index (χ3n) is 9.21. The Hall–Kier alpha value is -2.37. The molecule has 0 aliphatic heterocycles. The standard InChI is InChI=1S/C46H82NO10P/c1-6-8-10-12-14-16-18-20-21-22-24-26-28-30-32-36-45(50)54-40-42(41-56-58(52,53)55-39-38-47(3,4)5)57-46(51)37-33-35-44(49)43(48)34-31-29-27-25-23-19-17-15-13-11-9-7-2/h14-17,20-21,23,25,29,31,42-44,48-49H,6-13,18-19,22,24,26-28,30,32-41H2,1-5H3/b16-14-,17-15-,21-20-,25-23-,31-29-/t42-,43?,44?/m1/s1. The first-order valence-corrected chi connectivity index (χ1v) is 23.6. The zero-order valence-electron chi connectivity index (χ0n) is 36.9. The Balaban J connectivity index is 4.65. The van der Waals surface area contributed by atoms with E-state index >= 15 is 0 Å². The van der Waals surface area contributed by atoms with Crippen molar-refractivity contribution in [1.29, 1.82) is 0 Å². The lowest BCUT2D eigenvalue weighted by Crippen LogP contribution is -2.37. The van der Waals surface area contributed by atoms with Crippen LogP contribution in [0.15, 0.2) is 60.8 Å². The van der Waals surface area contributed by atoms with Crippen molar-refractivity contribution >= 4 is 19.8 Å². The zero-order valence-corrected chi connectivity index (χ0v) is 37.8. The van der Waals surface area contributed by atoms with E-state index in [0.29, 0.717) is 17.4 Å². The average molecular weight is 840 g/mol. The van der Waals surface area contributed by atoms with Crippen molar-refractivity contribution in [3.63, 3.8) is 0 Å². The molecule has 11 nitrogen and oxygen atoms in total. The highest BCUT2D eigenvalue weighted by Gasteiger charge is 2.22. The second-order valence-corrected chi connectivity index (χ2v) is 17.4. The maximum atomic E-state index is 12.7. The van der Waals surface area contributed by atoms with E-state index in [1.54, 1.807) is 0 Å². The summed E-state index contributed by atoms with van der Waals surface area (Å²) >= 11 is 0. The Morgan fingerprint density at radius 2 is 1.12 bits per heavy atom. The molecule has 12 heteroatoms. The maximum Gasteiger partial charge on any atom is 0.306 e. The van der Waals surface area contributed by atoms with Crippen LogP contribution in [0.3, 0.4) is 0 Å². The summed E-state index contributed by atoms with van der Waals surface area (Å²) in [5, 5.41) is 20.8. The van der Waals surface area contributed by atoms with Crippen LogP contribution in [0, 0.1) is 0 Å². The number of quaternary nitrogens is 1. The summed E-state index contributed by atoms with van der Waals surface area (Å²) in [4.78, 5) is 37.6. The monoisotopic (exact) mass is 840 g/mol. The molecule has 0 rings (SSSR count). The van der Waals surface area contributed by atoms with Gasteiger partial charge in [0.2, 0.25) is 0 Å². The summed E-state index contributed by atoms with van der Waals surface area (Å²) in [6.45, 7) is 3.80. The fourth-order valence-electron chi connectivity index (χ4n) is 5.55. The lowest BCUT2D eigenvalue weighted by molar-refractivity contribution is -0.870. The van der Waals surface area contributed by atoms with Gasteiger partial charge in [0.15, 0.2) is 6.10 Å². The van der Waals surface area contributed by atoms with E-state index in [1.165, 1.54) is 38.5 Å². The first kappa shape index (κ1) is 55.6. The van der Waals surface area contributed by atoms with Gasteiger partial charge in [0.1, 0.15) is 19.8 Å². The molecule has 0 aromatic rings. The molecule has 0 saturated heterocycles. The van der Waals surface area contributed by atoms with Crippen LogP contribution in [0.5, 0.6) is 0 Å². The van der Waals surface area contributed by atoms with Crippen LogP contribution in [-0.4, -0.2) is 92.5 Å². The Morgan fingerprint density at radius 1 is 0.621 bits per heavy atom. The average Bonchev–Trinajstić information content (AvgIpc) is 3.17. The third-order valence-corrected chi connectivity index (χ3v) is 10.2. The van der Waals surface area contributed by atoms with Gasteiger partial charge in [-0.1, -0.05) is 120 Å². The molecule has 2 N–H and O–H groups in total. The zero-order chi connectivity index (χ0) is 43.2. The number of hydrogen-bond acceptors (Lipinski definition) is 10. The molecule has 58 heavy (non-hydrogen) atoms. The number of phosphoric ester groups is 1. The van der Waals surface area contributed by atoms with Gasteiger partial charge in [-0.05, 0) is 83.5 Å². The Labute approximate surface area is 352 Å². The van der Waals surface area contributed by atoms with Crippen LogP contribution in [0.2, 0.25) is 0 Å². The van der Waals surface area contributed by atoms with Gasteiger partial charge < -0.3 is 38.1 Å². The Bertz CT molecular complexity index is 1210. The Morgan fingerprint density at radius 3 is 1.69 bits per heavy atom. The highest BCUT2D eigenvalue weighted by molar-refractivity contribution is 7.45. The molecule has 0 spiro atoms. The van der Waals surface area contributed by atoms with Crippen LogP contribution >= 0.6 is 7.82 Å². The minimum atomic E-state index is -4.71. The number of nitrogens with zero attached hydrogens (tertiary/aromatic N) is 1. The lowest BCUT2D eigenvalue weighted by atomic mass is 10.0. The van der Waals surface area contributed by atoms with Crippen molar-refractivity contribution in [3.8, 4) is 0 Å². The lowest BCUT2D eigenvalue weighted by Gasteiger charge is -2.28. The van der Waals surface area contributed by atoms with E-state index in [1.807, 2.05) is 33.3 Å². The van der Waals surface area contributed by atoms with Crippen molar-refractivity contribution in [2.45, 2.75) is 173 Å². The minimum Gasteiger partial charge on any atom is -0.756 e. The molecule has 0 radical (unpaired) electrons. The second kappa shape index (κ2) is 37.6. The molecule has 0 heterocycles. The first-order valence-electron chi connectivity index (χ1n) is 22.2. The first-order chi connectivity index (χ1) is 27.8. The van der Waals surface area contributed by atoms with Crippen LogP contribution in [0.1, 0.15) is 155 Å². The number of likely N-dealkylation sites (N-methyl/N-ethyl adjacent to an activating group) is 1. The van der Waals surface area contributed by atoms with Crippen molar-refractivity contribution in [1.82, 2.24) is 0 Å². The predicted octanol–water partition coefficient (Wildman–Crippen LogP) is 9.77. The maximum absolute atomic E-state index is 12.7. The molecule has 0 saturated carbocycles. The van der Waals surface area contributed by atoms with Gasteiger partial charge >= 0.3 is 11.9 Å². The van der Waals surface area contributed by atoms with E-state index < -0.39 is 44.7 Å². The van der Waals surface area contributed by atoms with E-state index in [-0.39, 0.29) is 45.3 Å². The molecule has 0 fully saturated rings. The molecule has 0 bridgehead atoms. The van der Waals surface area contributed by atoms with Crippen LogP contribution < -0.4 is 4.89 Å². The van der Waals surface area contributed by atoms with Crippen LogP contribution in [-0.2, 0) is 32.7 Å². The number of ether oxygens (including phenoxy) is 2. The molecule has 336 valence electrons. The largest absolute Gasteiger partial charge is 0.756 e. The molecule has 0 aromatic carbocycles. The molecule has 0 amide bonds. The number of unbranched alkanes of at least 4 members (excludes halogenated alkanes) is 11. The van der Waals surface area contributed by atoms with Crippen molar-refractivity contribution in [2.75, 3.05) is 47.5 Å². The Kier molecular flexibility index (Phi) is 36.1. The van der Waals surface area contributed by atoms with Crippen LogP contribution in [0.4, 0.5) is 0 Å². The summed E-state index contributed by atoms with van der Waals surface area (Å²) in [6.07, 6.45) is 37.0. The number of carbonyl (C=O) groups excluding carboxylic acids is 2.